The van der Waals surface area contributed by atoms with Gasteiger partial charge in [0.2, 0.25) is 0 Å². The van der Waals surface area contributed by atoms with Crippen molar-refractivity contribution in [1.29, 1.82) is 0 Å². The molecule has 0 aromatic carbocycles. The molecule has 0 atom stereocenters. The van der Waals surface area contributed by atoms with Crippen molar-refractivity contribution < 1.29 is 0 Å². The minimum Gasteiger partial charge on any atom is -0.315 e. The van der Waals surface area contributed by atoms with Gasteiger partial charge >= 0.3 is 0 Å². The molecule has 1 fully saturated rings. The summed E-state index contributed by atoms with van der Waals surface area (Å²) in [5.41, 5.74) is 0. The van der Waals surface area contributed by atoms with Crippen molar-refractivity contribution in [2.24, 2.45) is 5.92 Å². The van der Waals surface area contributed by atoms with Gasteiger partial charge in [0, 0.05) is 19.1 Å². The Morgan fingerprint density at radius 1 is 1.38 bits per heavy atom. The summed E-state index contributed by atoms with van der Waals surface area (Å²) in [6.07, 6.45) is 4.27. The standard InChI is InChI=1S/C11H24N2/c1-10(2)9-12-7-8-13(3)11-5-4-6-11/h10-12H,4-9H2,1-3H3. The minimum atomic E-state index is 0.772. The molecule has 0 saturated heterocycles. The van der Waals surface area contributed by atoms with Crippen LogP contribution < -0.4 is 5.32 Å². The first kappa shape index (κ1) is 11.0. The Labute approximate surface area is 82.7 Å². The van der Waals surface area contributed by atoms with Crippen LogP contribution in [0.2, 0.25) is 0 Å². The van der Waals surface area contributed by atoms with E-state index in [9.17, 15) is 0 Å². The number of rotatable bonds is 6. The van der Waals surface area contributed by atoms with Gasteiger partial charge in [-0.25, -0.2) is 0 Å². The molecule has 0 heterocycles. The lowest BCUT2D eigenvalue weighted by Gasteiger charge is -2.34. The molecule has 1 aliphatic rings. The van der Waals surface area contributed by atoms with Gasteiger partial charge in [0.1, 0.15) is 0 Å². The highest BCUT2D eigenvalue weighted by atomic mass is 15.1. The molecule has 0 unspecified atom stereocenters. The van der Waals surface area contributed by atoms with Gasteiger partial charge in [-0.2, -0.15) is 0 Å². The monoisotopic (exact) mass is 184 g/mol. The van der Waals surface area contributed by atoms with E-state index in [0.29, 0.717) is 0 Å². The van der Waals surface area contributed by atoms with Crippen LogP contribution in [0, 0.1) is 5.92 Å². The molecule has 0 aromatic heterocycles. The Bertz CT molecular complexity index is 130. The minimum absolute atomic E-state index is 0.772. The Hall–Kier alpha value is -0.0800. The number of nitrogens with one attached hydrogen (secondary N) is 1. The first-order valence-electron chi connectivity index (χ1n) is 5.61. The molecule has 13 heavy (non-hydrogen) atoms. The van der Waals surface area contributed by atoms with Gasteiger partial charge in [-0.1, -0.05) is 20.3 Å². The number of hydrogen-bond donors (Lipinski definition) is 1. The average molecular weight is 184 g/mol. The van der Waals surface area contributed by atoms with Gasteiger partial charge in [0.05, 0.1) is 0 Å². The van der Waals surface area contributed by atoms with Crippen molar-refractivity contribution in [1.82, 2.24) is 10.2 Å². The number of hydrogen-bond acceptors (Lipinski definition) is 2. The second-order valence-electron chi connectivity index (χ2n) is 4.66. The molecule has 1 aliphatic carbocycles. The van der Waals surface area contributed by atoms with Gasteiger partial charge < -0.3 is 10.2 Å². The van der Waals surface area contributed by atoms with Crippen LogP contribution in [0.3, 0.4) is 0 Å². The molecule has 0 amide bonds. The smallest absolute Gasteiger partial charge is 0.0107 e. The summed E-state index contributed by atoms with van der Waals surface area (Å²) in [6.45, 7) is 8.01. The average Bonchev–Trinajstić information content (AvgIpc) is 1.94. The van der Waals surface area contributed by atoms with E-state index >= 15 is 0 Å². The molecule has 2 nitrogen and oxygen atoms in total. The third-order valence-corrected chi connectivity index (χ3v) is 2.89. The van der Waals surface area contributed by atoms with Crippen LogP contribution in [0.1, 0.15) is 33.1 Å². The SMILES string of the molecule is CC(C)CNCCN(C)C1CCC1. The fourth-order valence-corrected chi connectivity index (χ4v) is 1.66. The van der Waals surface area contributed by atoms with E-state index in [1.165, 1.54) is 25.8 Å². The van der Waals surface area contributed by atoms with E-state index in [0.717, 1.165) is 25.0 Å². The van der Waals surface area contributed by atoms with Gasteiger partial charge in [0.15, 0.2) is 0 Å². The number of nitrogens with zero attached hydrogens (tertiary/aromatic N) is 1. The van der Waals surface area contributed by atoms with Crippen molar-refractivity contribution in [2.75, 3.05) is 26.7 Å². The molecule has 0 aliphatic heterocycles. The predicted molar refractivity (Wildman–Crippen MR) is 58.0 cm³/mol. The van der Waals surface area contributed by atoms with Crippen LogP contribution in [0.25, 0.3) is 0 Å². The second-order valence-corrected chi connectivity index (χ2v) is 4.66. The molecule has 2 heteroatoms. The normalized spacial score (nSPS) is 18.2. The lowest BCUT2D eigenvalue weighted by Crippen LogP contribution is -2.41. The summed E-state index contributed by atoms with van der Waals surface area (Å²) in [5.74, 6) is 0.772. The van der Waals surface area contributed by atoms with Crippen molar-refractivity contribution in [3.8, 4) is 0 Å². The van der Waals surface area contributed by atoms with E-state index in [-0.39, 0.29) is 0 Å². The molecule has 0 radical (unpaired) electrons. The van der Waals surface area contributed by atoms with Gasteiger partial charge in [-0.05, 0) is 32.4 Å². The molecular formula is C11H24N2. The van der Waals surface area contributed by atoms with Crippen LogP contribution in [0.5, 0.6) is 0 Å². The molecule has 1 rings (SSSR count). The lowest BCUT2D eigenvalue weighted by atomic mass is 9.92. The fourth-order valence-electron chi connectivity index (χ4n) is 1.66. The van der Waals surface area contributed by atoms with E-state index in [1.54, 1.807) is 0 Å². The highest BCUT2D eigenvalue weighted by Crippen LogP contribution is 2.22. The van der Waals surface area contributed by atoms with Crippen LogP contribution in [-0.2, 0) is 0 Å². The topological polar surface area (TPSA) is 15.3 Å². The predicted octanol–water partition coefficient (Wildman–Crippen LogP) is 1.72. The summed E-state index contributed by atoms with van der Waals surface area (Å²) >= 11 is 0. The Balaban J connectivity index is 1.92. The van der Waals surface area contributed by atoms with Crippen molar-refractivity contribution >= 4 is 0 Å². The third kappa shape index (κ3) is 4.10. The van der Waals surface area contributed by atoms with E-state index < -0.39 is 0 Å². The van der Waals surface area contributed by atoms with E-state index in [1.807, 2.05) is 0 Å². The zero-order chi connectivity index (χ0) is 9.68. The first-order valence-corrected chi connectivity index (χ1v) is 5.61. The summed E-state index contributed by atoms with van der Waals surface area (Å²) in [7, 11) is 2.25. The molecule has 1 saturated carbocycles. The maximum atomic E-state index is 3.48. The molecule has 78 valence electrons. The van der Waals surface area contributed by atoms with E-state index in [4.69, 9.17) is 0 Å². The third-order valence-electron chi connectivity index (χ3n) is 2.89. The zero-order valence-corrected chi connectivity index (χ0v) is 9.34. The van der Waals surface area contributed by atoms with Crippen LogP contribution in [0.15, 0.2) is 0 Å². The summed E-state index contributed by atoms with van der Waals surface area (Å²) in [5, 5.41) is 3.48. The molecule has 0 bridgehead atoms. The van der Waals surface area contributed by atoms with E-state index in [2.05, 4.69) is 31.1 Å². The Kier molecular flexibility index (Phi) is 4.74. The largest absolute Gasteiger partial charge is 0.315 e. The Morgan fingerprint density at radius 3 is 2.54 bits per heavy atom. The molecule has 0 aromatic rings. The van der Waals surface area contributed by atoms with Crippen molar-refractivity contribution in [3.05, 3.63) is 0 Å². The quantitative estimate of drug-likeness (QED) is 0.632. The Morgan fingerprint density at radius 2 is 2.08 bits per heavy atom. The maximum Gasteiger partial charge on any atom is 0.0107 e. The molecule has 0 spiro atoms. The van der Waals surface area contributed by atoms with Crippen LogP contribution >= 0.6 is 0 Å². The van der Waals surface area contributed by atoms with Gasteiger partial charge in [-0.3, -0.25) is 0 Å². The van der Waals surface area contributed by atoms with Gasteiger partial charge in [-0.15, -0.1) is 0 Å². The fraction of sp³-hybridized carbons (Fsp3) is 1.00. The first-order chi connectivity index (χ1) is 6.20. The number of likely N-dealkylation sites (N-methyl/N-ethyl adjacent to an activating group) is 1. The highest BCUT2D eigenvalue weighted by Gasteiger charge is 2.20. The van der Waals surface area contributed by atoms with Crippen LogP contribution in [-0.4, -0.2) is 37.6 Å². The zero-order valence-electron chi connectivity index (χ0n) is 9.34. The summed E-state index contributed by atoms with van der Waals surface area (Å²) < 4.78 is 0. The lowest BCUT2D eigenvalue weighted by molar-refractivity contribution is 0.160. The van der Waals surface area contributed by atoms with Gasteiger partial charge in [0.25, 0.3) is 0 Å². The van der Waals surface area contributed by atoms with Crippen molar-refractivity contribution in [3.63, 3.8) is 0 Å². The second kappa shape index (κ2) is 5.61. The van der Waals surface area contributed by atoms with Crippen LogP contribution in [0.4, 0.5) is 0 Å². The molecular weight excluding hydrogens is 160 g/mol. The highest BCUT2D eigenvalue weighted by molar-refractivity contribution is 4.77. The van der Waals surface area contributed by atoms with Crippen molar-refractivity contribution in [2.45, 2.75) is 39.2 Å². The maximum absolute atomic E-state index is 3.48. The molecule has 1 N–H and O–H groups in total. The summed E-state index contributed by atoms with van der Waals surface area (Å²) in [6, 6.07) is 0.890. The summed E-state index contributed by atoms with van der Waals surface area (Å²) in [4.78, 5) is 2.50.